The quantitative estimate of drug-likeness (QED) is 0.678. The lowest BCUT2D eigenvalue weighted by Gasteiger charge is -2.35. The molecule has 0 bridgehead atoms. The molecule has 3 aliphatic heterocycles. The fourth-order valence-electron chi connectivity index (χ4n) is 5.22. The van der Waals surface area contributed by atoms with Crippen LogP contribution in [0.1, 0.15) is 33.5 Å². The average Bonchev–Trinajstić information content (AvgIpc) is 3.25. The zero-order valence-electron chi connectivity index (χ0n) is 20.4. The predicted octanol–water partition coefficient (Wildman–Crippen LogP) is 3.08. The molecule has 8 nitrogen and oxygen atoms in total. The molecular formula is C26H32ClN3O5. The van der Waals surface area contributed by atoms with Gasteiger partial charge in [-0.3, -0.25) is 14.5 Å². The second-order valence-electron chi connectivity index (χ2n) is 9.19. The van der Waals surface area contributed by atoms with Gasteiger partial charge in [0.25, 0.3) is 5.91 Å². The number of nitrogens with one attached hydrogen (secondary N) is 1. The van der Waals surface area contributed by atoms with E-state index in [-0.39, 0.29) is 30.3 Å². The third-order valence-corrected chi connectivity index (χ3v) is 7.00. The molecule has 3 heterocycles. The molecule has 5 rings (SSSR count). The highest BCUT2D eigenvalue weighted by molar-refractivity contribution is 5.96. The largest absolute Gasteiger partial charge is 0.493 e. The van der Waals surface area contributed by atoms with Gasteiger partial charge in [-0.2, -0.15) is 0 Å². The maximum absolute atomic E-state index is 13.0. The van der Waals surface area contributed by atoms with Crippen molar-refractivity contribution in [1.82, 2.24) is 9.80 Å². The summed E-state index contributed by atoms with van der Waals surface area (Å²) >= 11 is 0. The molecule has 0 aromatic heterocycles. The Hall–Kier alpha value is -2.97. The van der Waals surface area contributed by atoms with E-state index in [4.69, 9.17) is 14.2 Å². The van der Waals surface area contributed by atoms with Crippen LogP contribution in [0.4, 0.5) is 5.69 Å². The predicted molar refractivity (Wildman–Crippen MR) is 135 cm³/mol. The number of nitrogens with zero attached hydrogens (tertiary/aromatic N) is 2. The first kappa shape index (κ1) is 25.1. The molecule has 2 aromatic rings. The van der Waals surface area contributed by atoms with Crippen molar-refractivity contribution in [3.05, 3.63) is 46.5 Å². The van der Waals surface area contributed by atoms with Crippen LogP contribution in [0.25, 0.3) is 0 Å². The van der Waals surface area contributed by atoms with E-state index in [0.29, 0.717) is 36.6 Å². The van der Waals surface area contributed by atoms with Crippen molar-refractivity contribution in [3.63, 3.8) is 0 Å². The molecule has 0 aliphatic carbocycles. The number of hydrogen-bond donors (Lipinski definition) is 1. The Balaban J connectivity index is 0.00000289. The Labute approximate surface area is 211 Å². The first-order valence-electron chi connectivity index (χ1n) is 11.8. The van der Waals surface area contributed by atoms with Gasteiger partial charge in [0, 0.05) is 56.7 Å². The number of carbonyl (C=O) groups excluding carboxylic acids is 2. The van der Waals surface area contributed by atoms with Crippen molar-refractivity contribution >= 4 is 29.9 Å². The molecule has 9 heteroatoms. The number of anilines is 1. The Bertz CT molecular complexity index is 1130. The molecule has 1 unspecified atom stereocenters. The third kappa shape index (κ3) is 4.90. The molecule has 1 fully saturated rings. The van der Waals surface area contributed by atoms with Crippen LogP contribution < -0.4 is 19.5 Å². The normalized spacial score (nSPS) is 19.1. The van der Waals surface area contributed by atoms with Crippen LogP contribution in [0.3, 0.4) is 0 Å². The zero-order chi connectivity index (χ0) is 23.8. The smallest absolute Gasteiger partial charge is 0.254 e. The van der Waals surface area contributed by atoms with Crippen molar-refractivity contribution in [2.24, 2.45) is 0 Å². The van der Waals surface area contributed by atoms with Gasteiger partial charge >= 0.3 is 0 Å². The number of amides is 2. The summed E-state index contributed by atoms with van der Waals surface area (Å²) in [5, 5.41) is 3.01. The molecule has 2 amide bonds. The summed E-state index contributed by atoms with van der Waals surface area (Å²) in [6, 6.07) is 7.44. The van der Waals surface area contributed by atoms with Crippen LogP contribution in [0, 0.1) is 6.92 Å². The minimum Gasteiger partial charge on any atom is -0.493 e. The number of fused-ring (bicyclic) bond motifs is 3. The number of hydrogen-bond acceptors (Lipinski definition) is 6. The fourth-order valence-corrected chi connectivity index (χ4v) is 5.22. The number of ether oxygens (including phenoxy) is 3. The average molecular weight is 502 g/mol. The minimum atomic E-state index is 0. The van der Waals surface area contributed by atoms with E-state index in [1.165, 1.54) is 5.56 Å². The highest BCUT2D eigenvalue weighted by Crippen LogP contribution is 2.41. The molecule has 0 saturated carbocycles. The number of rotatable bonds is 5. The third-order valence-electron chi connectivity index (χ3n) is 7.00. The number of aryl methyl sites for hydroxylation is 1. The number of methoxy groups -OCH3 is 2. The number of carbonyl (C=O) groups is 2. The second kappa shape index (κ2) is 10.3. The van der Waals surface area contributed by atoms with Gasteiger partial charge in [0.15, 0.2) is 11.5 Å². The van der Waals surface area contributed by atoms with Crippen LogP contribution in [0.2, 0.25) is 0 Å². The Kier molecular flexibility index (Phi) is 7.42. The summed E-state index contributed by atoms with van der Waals surface area (Å²) in [7, 11) is 3.15. The molecular weight excluding hydrogens is 470 g/mol. The minimum absolute atomic E-state index is 0. The molecule has 1 saturated heterocycles. The topological polar surface area (TPSA) is 80.3 Å². The highest BCUT2D eigenvalue weighted by atomic mass is 35.5. The van der Waals surface area contributed by atoms with Crippen molar-refractivity contribution in [1.29, 1.82) is 0 Å². The van der Waals surface area contributed by atoms with Crippen LogP contribution in [0.15, 0.2) is 24.3 Å². The molecule has 35 heavy (non-hydrogen) atoms. The zero-order valence-corrected chi connectivity index (χ0v) is 21.2. The van der Waals surface area contributed by atoms with E-state index < -0.39 is 0 Å². The van der Waals surface area contributed by atoms with Crippen molar-refractivity contribution in [2.45, 2.75) is 32.3 Å². The van der Waals surface area contributed by atoms with Crippen LogP contribution in [-0.4, -0.2) is 74.7 Å². The van der Waals surface area contributed by atoms with Crippen LogP contribution in [0.5, 0.6) is 17.2 Å². The Morgan fingerprint density at radius 3 is 2.54 bits per heavy atom. The summed E-state index contributed by atoms with van der Waals surface area (Å²) in [5.74, 6) is 2.22. The molecule has 188 valence electrons. The number of halogens is 1. The Morgan fingerprint density at radius 2 is 1.83 bits per heavy atom. The maximum atomic E-state index is 13.0. The lowest BCUT2D eigenvalue weighted by Crippen LogP contribution is -2.50. The van der Waals surface area contributed by atoms with Gasteiger partial charge in [0.2, 0.25) is 5.91 Å². The van der Waals surface area contributed by atoms with Crippen molar-refractivity contribution in [2.75, 3.05) is 52.3 Å². The van der Waals surface area contributed by atoms with Gasteiger partial charge in [-0.25, -0.2) is 0 Å². The SMILES string of the molecule is COc1ccc(C(=O)N2CCN(CC3Cc4cc(C)c5c(c4O3)CCC(=O)N5)CC2)cc1OC.Cl. The number of piperazine rings is 1. The summed E-state index contributed by atoms with van der Waals surface area (Å²) in [5.41, 5.74) is 5.02. The first-order chi connectivity index (χ1) is 16.5. The van der Waals surface area contributed by atoms with E-state index in [9.17, 15) is 9.59 Å². The molecule has 2 aromatic carbocycles. The van der Waals surface area contributed by atoms with Crippen LogP contribution >= 0.6 is 12.4 Å². The standard InChI is InChI=1S/C26H31N3O5.ClH/c1-16-12-18-13-19(34-25(18)20-5-7-23(30)27-24(16)20)15-28-8-10-29(11-9-28)26(31)17-4-6-21(32-2)22(14-17)33-3;/h4,6,12,14,19H,5,7-11,13,15H2,1-3H3,(H,27,30);1H. The molecule has 0 radical (unpaired) electrons. The molecule has 0 spiro atoms. The number of benzene rings is 2. The lowest BCUT2D eigenvalue weighted by molar-refractivity contribution is -0.116. The van der Waals surface area contributed by atoms with Gasteiger partial charge in [0.1, 0.15) is 11.9 Å². The van der Waals surface area contributed by atoms with E-state index in [0.717, 1.165) is 55.0 Å². The van der Waals surface area contributed by atoms with E-state index in [1.807, 2.05) is 11.8 Å². The maximum Gasteiger partial charge on any atom is 0.254 e. The van der Waals surface area contributed by atoms with E-state index >= 15 is 0 Å². The summed E-state index contributed by atoms with van der Waals surface area (Å²) in [4.78, 5) is 29.1. The fraction of sp³-hybridized carbons (Fsp3) is 0.462. The van der Waals surface area contributed by atoms with Crippen molar-refractivity contribution in [3.8, 4) is 17.2 Å². The molecule has 1 N–H and O–H groups in total. The van der Waals surface area contributed by atoms with Crippen LogP contribution in [-0.2, 0) is 17.6 Å². The molecule has 1 atom stereocenters. The van der Waals surface area contributed by atoms with E-state index in [1.54, 1.807) is 32.4 Å². The van der Waals surface area contributed by atoms with Gasteiger partial charge in [-0.05, 0) is 42.7 Å². The highest BCUT2D eigenvalue weighted by Gasteiger charge is 2.32. The monoisotopic (exact) mass is 501 g/mol. The van der Waals surface area contributed by atoms with Gasteiger partial charge in [-0.1, -0.05) is 6.07 Å². The molecule has 3 aliphatic rings. The first-order valence-corrected chi connectivity index (χ1v) is 11.8. The second-order valence-corrected chi connectivity index (χ2v) is 9.19. The summed E-state index contributed by atoms with van der Waals surface area (Å²) < 4.78 is 17.0. The Morgan fingerprint density at radius 1 is 1.09 bits per heavy atom. The van der Waals surface area contributed by atoms with Gasteiger partial charge in [-0.15, -0.1) is 12.4 Å². The summed E-state index contributed by atoms with van der Waals surface area (Å²) in [6.45, 7) is 5.84. The van der Waals surface area contributed by atoms with Crippen molar-refractivity contribution < 1.29 is 23.8 Å². The summed E-state index contributed by atoms with van der Waals surface area (Å²) in [6.07, 6.45) is 2.20. The van der Waals surface area contributed by atoms with E-state index in [2.05, 4.69) is 16.3 Å². The lowest BCUT2D eigenvalue weighted by atomic mass is 9.94. The van der Waals surface area contributed by atoms with Gasteiger partial charge < -0.3 is 24.4 Å². The van der Waals surface area contributed by atoms with Gasteiger partial charge in [0.05, 0.1) is 19.9 Å².